The van der Waals surface area contributed by atoms with E-state index in [2.05, 4.69) is 31.1 Å². The van der Waals surface area contributed by atoms with Crippen LogP contribution in [0.2, 0.25) is 20.1 Å². The maximum atomic E-state index is 13.5. The van der Waals surface area contributed by atoms with E-state index in [1.807, 2.05) is 54.2 Å². The lowest BCUT2D eigenvalue weighted by Gasteiger charge is -2.32. The van der Waals surface area contributed by atoms with E-state index in [1.54, 1.807) is 58.3 Å². The van der Waals surface area contributed by atoms with Crippen molar-refractivity contribution in [3.63, 3.8) is 0 Å². The molecule has 4 aromatic rings. The highest BCUT2D eigenvalue weighted by Gasteiger charge is 2.41. The minimum absolute atomic E-state index is 0.0132. The summed E-state index contributed by atoms with van der Waals surface area (Å²) in [5.74, 6) is 0.461. The van der Waals surface area contributed by atoms with Gasteiger partial charge in [-0.3, -0.25) is 26.6 Å². The van der Waals surface area contributed by atoms with Crippen molar-refractivity contribution in [1.29, 1.82) is 0 Å². The van der Waals surface area contributed by atoms with Crippen LogP contribution in [-0.4, -0.2) is 192 Å². The molecule has 0 spiro atoms. The van der Waals surface area contributed by atoms with Gasteiger partial charge in [0.15, 0.2) is 0 Å². The van der Waals surface area contributed by atoms with Gasteiger partial charge in [0.05, 0.1) is 38.5 Å². The fraction of sp³-hybridized carbons (Fsp3) is 0.517. The number of hydrogen-bond acceptors (Lipinski definition) is 14. The Bertz CT molecular complexity index is 2930. The standard InChI is InChI=1S/C58H76Cl4N10O12S2/c1-35-27-39(9-11-51(35)83-53-43-29-37(59)31-45(61)41(43)33-49(53)67(3)4)71(85(77)78)47-13-19-69(55(47)73)21-25-81-23-17-65-57(75)63-15-7-8-16-64-58(76)66-18-24-82-26-22-70-20-14-48(56(70)74)72(86(79)80)40-10-12-52(36(2)28-40)84-54-44-30-38(60)32-46(62)42(44)34-50(54)68(5)6/h9-12,27-32,47-50,53-54H,7-8,13-26,33-34H2,1-6H3,(H,77,78)(H,79,80)(H2,63,65,75)(H2,64,66,76)/p-2/t47-,48-,49-,50-,53-,54-/m0/s1. The lowest BCUT2D eigenvalue weighted by molar-refractivity contribution is -0.130. The number of fused-ring (bicyclic) bond motifs is 2. The van der Waals surface area contributed by atoms with Crippen LogP contribution in [-0.2, 0) is 54.4 Å². The number of likely N-dealkylation sites (tertiary alicyclic amines) is 2. The molecule has 2 fully saturated rings. The van der Waals surface area contributed by atoms with E-state index in [0.29, 0.717) is 119 Å². The lowest BCUT2D eigenvalue weighted by Crippen LogP contribution is -2.43. The molecular weight excluding hydrogens is 1230 g/mol. The normalized spacial score (nSPS) is 20.5. The number of anilines is 2. The number of unbranched alkanes of at least 4 members (excludes halogenated alkanes) is 1. The van der Waals surface area contributed by atoms with Gasteiger partial charge < -0.3 is 68.9 Å². The second kappa shape index (κ2) is 30.8. The molecule has 28 heteroatoms. The van der Waals surface area contributed by atoms with Crippen molar-refractivity contribution in [2.24, 2.45) is 0 Å². The second-order valence-electron chi connectivity index (χ2n) is 22.0. The van der Waals surface area contributed by atoms with Crippen molar-refractivity contribution >= 4 is 104 Å². The zero-order valence-corrected chi connectivity index (χ0v) is 53.5. The van der Waals surface area contributed by atoms with Crippen LogP contribution in [0.15, 0.2) is 60.7 Å². The van der Waals surface area contributed by atoms with E-state index < -0.39 is 34.6 Å². The Hall–Kier alpha value is -5.22. The number of nitrogens with one attached hydrogen (secondary N) is 4. The van der Waals surface area contributed by atoms with Crippen LogP contribution < -0.4 is 39.4 Å². The van der Waals surface area contributed by atoms with Crippen LogP contribution in [0.5, 0.6) is 11.5 Å². The third kappa shape index (κ3) is 16.5. The summed E-state index contributed by atoms with van der Waals surface area (Å²) in [5.41, 5.74) is 5.83. The highest BCUT2D eigenvalue weighted by molar-refractivity contribution is 7.81. The molecule has 2 aliphatic heterocycles. The van der Waals surface area contributed by atoms with Crippen LogP contribution in [0, 0.1) is 13.8 Å². The molecule has 2 saturated heterocycles. The Labute approximate surface area is 527 Å². The number of hydrogen-bond donors (Lipinski definition) is 4. The quantitative estimate of drug-likeness (QED) is 0.0329. The number of likely N-dealkylation sites (N-methyl/N-ethyl adjacent to an activating group) is 2. The van der Waals surface area contributed by atoms with E-state index in [-0.39, 0.29) is 101 Å². The summed E-state index contributed by atoms with van der Waals surface area (Å²) in [6.07, 6.45) is 2.42. The summed E-state index contributed by atoms with van der Waals surface area (Å²) in [7, 11) is 7.89. The first-order valence-corrected chi connectivity index (χ1v) is 32.1. The van der Waals surface area contributed by atoms with Gasteiger partial charge >= 0.3 is 12.1 Å². The molecule has 8 rings (SSSR count). The Kier molecular flexibility index (Phi) is 23.9. The van der Waals surface area contributed by atoms with E-state index in [4.69, 9.17) is 65.4 Å². The maximum Gasteiger partial charge on any atom is 0.314 e. The number of nitrogens with zero attached hydrogens (tertiary/aromatic N) is 6. The third-order valence-corrected chi connectivity index (χ3v) is 18.5. The van der Waals surface area contributed by atoms with Crippen molar-refractivity contribution in [3.8, 4) is 11.5 Å². The van der Waals surface area contributed by atoms with Gasteiger partial charge in [-0.1, -0.05) is 46.4 Å². The van der Waals surface area contributed by atoms with Gasteiger partial charge in [0.2, 0.25) is 11.8 Å². The molecule has 4 aliphatic rings. The van der Waals surface area contributed by atoms with Gasteiger partial charge in [0.25, 0.3) is 0 Å². The molecule has 2 aliphatic carbocycles. The number of urea groups is 2. The number of aryl methyl sites for hydroxylation is 2. The van der Waals surface area contributed by atoms with E-state index in [9.17, 15) is 36.7 Å². The number of carbonyl (C=O) groups is 4. The Morgan fingerprint density at radius 2 is 0.965 bits per heavy atom. The van der Waals surface area contributed by atoms with Crippen LogP contribution in [0.25, 0.3) is 0 Å². The summed E-state index contributed by atoms with van der Waals surface area (Å²) in [4.78, 5) is 59.0. The highest BCUT2D eigenvalue weighted by atomic mass is 35.5. The van der Waals surface area contributed by atoms with Crippen LogP contribution in [0.1, 0.15) is 71.3 Å². The molecular formula is C58H74Cl4N10O12S2-2. The van der Waals surface area contributed by atoms with Crippen molar-refractivity contribution < 1.29 is 55.6 Å². The Balaban J connectivity index is 0.647. The largest absolute Gasteiger partial charge is 0.755 e. The van der Waals surface area contributed by atoms with Gasteiger partial charge in [0.1, 0.15) is 35.8 Å². The number of halogens is 4. The van der Waals surface area contributed by atoms with Gasteiger partial charge in [-0.2, -0.15) is 0 Å². The second-order valence-corrected chi connectivity index (χ2v) is 25.3. The molecule has 470 valence electrons. The fourth-order valence-electron chi connectivity index (χ4n) is 11.4. The van der Waals surface area contributed by atoms with Gasteiger partial charge in [-0.15, -0.1) is 0 Å². The van der Waals surface area contributed by atoms with Crippen molar-refractivity contribution in [2.45, 2.75) is 88.7 Å². The smallest absolute Gasteiger partial charge is 0.314 e. The third-order valence-electron chi connectivity index (χ3n) is 15.9. The number of rotatable bonds is 29. The molecule has 22 nitrogen and oxygen atoms in total. The summed E-state index contributed by atoms with van der Waals surface area (Å²) >= 11 is 20.4. The molecule has 4 aromatic carbocycles. The lowest BCUT2D eigenvalue weighted by atomic mass is 10.1. The van der Waals surface area contributed by atoms with E-state index in [1.165, 1.54) is 0 Å². The number of ether oxygens (including phenoxy) is 4. The summed E-state index contributed by atoms with van der Waals surface area (Å²) < 4.78 is 77.3. The number of amides is 6. The molecule has 6 amide bonds. The highest BCUT2D eigenvalue weighted by Crippen LogP contribution is 2.45. The molecule has 2 unspecified atom stereocenters. The first-order valence-electron chi connectivity index (χ1n) is 28.5. The molecule has 0 radical (unpaired) electrons. The zero-order valence-electron chi connectivity index (χ0n) is 48.9. The Morgan fingerprint density at radius 1 is 0.581 bits per heavy atom. The SMILES string of the molecule is Cc1cc(N([C@H]2CCN(CCOCCNC(=O)NCCCCNC(=O)NCCOCCN3CC[C@H](N(c4ccc(O[C@H]5c6cc(Cl)cc(Cl)c6C[C@@H]5N(C)C)c(C)c4)S(=O)[O-])C3=O)C2=O)S(=O)[O-])ccc1O[C@H]1c2cc(Cl)cc(Cl)c2C[C@@H]1N(C)C. The predicted molar refractivity (Wildman–Crippen MR) is 331 cm³/mol. The average molecular weight is 1310 g/mol. The van der Waals surface area contributed by atoms with Crippen LogP contribution in [0.4, 0.5) is 21.0 Å². The van der Waals surface area contributed by atoms with Gasteiger partial charge in [0, 0.05) is 117 Å². The van der Waals surface area contributed by atoms with Crippen molar-refractivity contribution in [3.05, 3.63) is 114 Å². The fourth-order valence-corrected chi connectivity index (χ4v) is 13.9. The Morgan fingerprint density at radius 3 is 1.33 bits per heavy atom. The monoisotopic (exact) mass is 1310 g/mol. The molecule has 0 saturated carbocycles. The molecule has 2 heterocycles. The van der Waals surface area contributed by atoms with Gasteiger partial charge in [-0.25, -0.2) is 9.59 Å². The zero-order chi connectivity index (χ0) is 61.9. The minimum Gasteiger partial charge on any atom is -0.755 e. The summed E-state index contributed by atoms with van der Waals surface area (Å²) in [6, 6.07) is 14.7. The predicted octanol–water partition coefficient (Wildman–Crippen LogP) is 6.64. The average Bonchev–Trinajstić information content (AvgIpc) is 3.25. The first-order chi connectivity index (χ1) is 41.1. The number of carbonyl (C=O) groups excluding carboxylic acids is 4. The van der Waals surface area contributed by atoms with Crippen molar-refractivity contribution in [1.82, 2.24) is 40.9 Å². The molecule has 0 bridgehead atoms. The molecule has 8 atom stereocenters. The van der Waals surface area contributed by atoms with Crippen molar-refractivity contribution in [2.75, 3.05) is 116 Å². The first kappa shape index (κ1) is 66.7. The van der Waals surface area contributed by atoms with E-state index >= 15 is 0 Å². The number of benzene rings is 4. The van der Waals surface area contributed by atoms with Crippen LogP contribution >= 0.6 is 46.4 Å². The van der Waals surface area contributed by atoms with E-state index in [0.717, 1.165) is 30.9 Å². The van der Waals surface area contributed by atoms with Gasteiger partial charge in [-0.05, 0) is 163 Å². The minimum atomic E-state index is -2.75. The topological polar surface area (TPSA) is 253 Å². The maximum absolute atomic E-state index is 13.5. The molecule has 0 aromatic heterocycles. The summed E-state index contributed by atoms with van der Waals surface area (Å²) in [5, 5.41) is 13.2. The molecule has 86 heavy (non-hydrogen) atoms. The summed E-state index contributed by atoms with van der Waals surface area (Å²) in [6.45, 7) is 6.79. The van der Waals surface area contributed by atoms with Crippen LogP contribution in [0.3, 0.4) is 0 Å². The molecule has 4 N–H and O–H groups in total.